The number of nitrogens with zero attached hydrogens (tertiary/aromatic N) is 2. The molecule has 8 heteroatoms. The lowest BCUT2D eigenvalue weighted by Crippen LogP contribution is -2.30. The van der Waals surface area contributed by atoms with E-state index in [0.717, 1.165) is 54.6 Å². The van der Waals surface area contributed by atoms with Crippen molar-refractivity contribution < 1.29 is 8.42 Å². The number of H-pyrrole nitrogens is 1. The van der Waals surface area contributed by atoms with Crippen LogP contribution in [0.1, 0.15) is 39.0 Å². The summed E-state index contributed by atoms with van der Waals surface area (Å²) in [5.41, 5.74) is 3.92. The molecule has 1 aliphatic rings. The average Bonchev–Trinajstić information content (AvgIpc) is 3.25. The van der Waals surface area contributed by atoms with E-state index < -0.39 is 10.0 Å². The standard InChI is InChI=1S/C23H30N4O3S/c1-3-4-14-31(29,30)25-17-8-9-21(27-12-6-5-7-13-27)19(15-17)20-16-26(2)23(28)22-18(20)10-11-24-22/h8-11,15-16,24-25H,3-7,12-14H2,1-2H3. The van der Waals surface area contributed by atoms with E-state index in [-0.39, 0.29) is 11.3 Å². The second-order valence-electron chi connectivity index (χ2n) is 8.28. The van der Waals surface area contributed by atoms with Crippen LogP contribution >= 0.6 is 0 Å². The number of aryl methyl sites for hydroxylation is 1. The number of aromatic nitrogens is 2. The van der Waals surface area contributed by atoms with Gasteiger partial charge in [-0.2, -0.15) is 0 Å². The molecule has 0 aliphatic carbocycles. The number of pyridine rings is 1. The maximum atomic E-state index is 12.5. The third kappa shape index (κ3) is 4.49. The molecule has 0 bridgehead atoms. The molecule has 1 saturated heterocycles. The molecule has 3 heterocycles. The fourth-order valence-corrected chi connectivity index (χ4v) is 5.53. The molecule has 2 N–H and O–H groups in total. The molecule has 0 amide bonds. The third-order valence-electron chi connectivity index (χ3n) is 5.92. The molecule has 2 aromatic heterocycles. The first kappa shape index (κ1) is 21.5. The number of sulfonamides is 1. The molecule has 0 saturated carbocycles. The monoisotopic (exact) mass is 442 g/mol. The van der Waals surface area contributed by atoms with Gasteiger partial charge in [-0.15, -0.1) is 0 Å². The normalized spacial score (nSPS) is 14.8. The van der Waals surface area contributed by atoms with Crippen LogP contribution in [-0.4, -0.2) is 36.8 Å². The maximum absolute atomic E-state index is 12.5. The second-order valence-corrected chi connectivity index (χ2v) is 10.1. The fraction of sp³-hybridized carbons (Fsp3) is 0.435. The predicted octanol–water partition coefficient (Wildman–Crippen LogP) is 4.07. The molecule has 0 atom stereocenters. The molecule has 1 fully saturated rings. The van der Waals surface area contributed by atoms with Crippen molar-refractivity contribution in [3.63, 3.8) is 0 Å². The number of piperidine rings is 1. The molecule has 4 rings (SSSR count). The molecule has 1 aliphatic heterocycles. The number of benzene rings is 1. The van der Waals surface area contributed by atoms with Crippen molar-refractivity contribution in [3.05, 3.63) is 47.0 Å². The van der Waals surface area contributed by atoms with Crippen LogP contribution < -0.4 is 15.2 Å². The third-order valence-corrected chi connectivity index (χ3v) is 7.29. The summed E-state index contributed by atoms with van der Waals surface area (Å²) in [6.45, 7) is 3.91. The van der Waals surface area contributed by atoms with Crippen LogP contribution in [0, 0.1) is 0 Å². The van der Waals surface area contributed by atoms with Gasteiger partial charge in [0.05, 0.1) is 5.75 Å². The Labute approximate surface area is 183 Å². The van der Waals surface area contributed by atoms with E-state index in [0.29, 0.717) is 17.6 Å². The Morgan fingerprint density at radius 1 is 1.10 bits per heavy atom. The van der Waals surface area contributed by atoms with E-state index in [1.165, 1.54) is 6.42 Å². The highest BCUT2D eigenvalue weighted by atomic mass is 32.2. The van der Waals surface area contributed by atoms with Gasteiger partial charge in [-0.1, -0.05) is 13.3 Å². The summed E-state index contributed by atoms with van der Waals surface area (Å²) in [5, 5.41) is 0.840. The number of hydrogen-bond acceptors (Lipinski definition) is 4. The first-order valence-electron chi connectivity index (χ1n) is 11.0. The quantitative estimate of drug-likeness (QED) is 0.578. The predicted molar refractivity (Wildman–Crippen MR) is 127 cm³/mol. The Morgan fingerprint density at radius 2 is 1.87 bits per heavy atom. The van der Waals surface area contributed by atoms with Gasteiger partial charge in [-0.3, -0.25) is 9.52 Å². The largest absolute Gasteiger partial charge is 0.371 e. The van der Waals surface area contributed by atoms with Gasteiger partial charge in [0.1, 0.15) is 5.52 Å². The fourth-order valence-electron chi connectivity index (χ4n) is 4.27. The number of fused-ring (bicyclic) bond motifs is 1. The van der Waals surface area contributed by atoms with Gasteiger partial charge >= 0.3 is 0 Å². The zero-order chi connectivity index (χ0) is 22.0. The lowest BCUT2D eigenvalue weighted by atomic mass is 9.99. The highest BCUT2D eigenvalue weighted by Gasteiger charge is 2.20. The number of rotatable bonds is 7. The zero-order valence-corrected chi connectivity index (χ0v) is 19.0. The van der Waals surface area contributed by atoms with Crippen LogP contribution in [0.2, 0.25) is 0 Å². The highest BCUT2D eigenvalue weighted by molar-refractivity contribution is 7.92. The van der Waals surface area contributed by atoms with E-state index in [2.05, 4.69) is 14.6 Å². The molecule has 31 heavy (non-hydrogen) atoms. The summed E-state index contributed by atoms with van der Waals surface area (Å²) < 4.78 is 29.3. The molecule has 3 aromatic rings. The molecule has 1 aromatic carbocycles. The van der Waals surface area contributed by atoms with Crippen LogP contribution in [0.5, 0.6) is 0 Å². The molecular weight excluding hydrogens is 412 g/mol. The van der Waals surface area contributed by atoms with Crippen molar-refractivity contribution in [3.8, 4) is 11.1 Å². The van der Waals surface area contributed by atoms with Crippen molar-refractivity contribution in [1.82, 2.24) is 9.55 Å². The van der Waals surface area contributed by atoms with Gasteiger partial charge in [0, 0.05) is 60.4 Å². The van der Waals surface area contributed by atoms with Gasteiger partial charge < -0.3 is 14.5 Å². The van der Waals surface area contributed by atoms with Gasteiger partial charge in [0.25, 0.3) is 5.56 Å². The SMILES string of the molecule is CCCCS(=O)(=O)Nc1ccc(N2CCCCC2)c(-c2cn(C)c(=O)c3[nH]ccc23)c1. The minimum Gasteiger partial charge on any atom is -0.371 e. The summed E-state index contributed by atoms with van der Waals surface area (Å²) in [7, 11) is -1.66. The molecule has 0 unspecified atom stereocenters. The summed E-state index contributed by atoms with van der Waals surface area (Å²) in [6.07, 6.45) is 8.56. The van der Waals surface area contributed by atoms with Crippen molar-refractivity contribution in [2.24, 2.45) is 7.05 Å². The lowest BCUT2D eigenvalue weighted by Gasteiger charge is -2.31. The zero-order valence-electron chi connectivity index (χ0n) is 18.1. The summed E-state index contributed by atoms with van der Waals surface area (Å²) in [6, 6.07) is 7.65. The first-order chi connectivity index (χ1) is 14.9. The molecule has 0 spiro atoms. The van der Waals surface area contributed by atoms with Crippen LogP contribution in [0.4, 0.5) is 11.4 Å². The molecule has 0 radical (unpaired) electrons. The Balaban J connectivity index is 1.85. The van der Waals surface area contributed by atoms with E-state index in [9.17, 15) is 13.2 Å². The van der Waals surface area contributed by atoms with Gasteiger partial charge in [0.15, 0.2) is 0 Å². The summed E-state index contributed by atoms with van der Waals surface area (Å²) >= 11 is 0. The van der Waals surface area contributed by atoms with E-state index >= 15 is 0 Å². The summed E-state index contributed by atoms with van der Waals surface area (Å²) in [4.78, 5) is 18.0. The van der Waals surface area contributed by atoms with Crippen molar-refractivity contribution >= 4 is 32.3 Å². The molecule has 166 valence electrons. The van der Waals surface area contributed by atoms with Crippen LogP contribution in [0.15, 0.2) is 41.5 Å². The average molecular weight is 443 g/mol. The minimum absolute atomic E-state index is 0.0836. The van der Waals surface area contributed by atoms with Crippen molar-refractivity contribution in [2.45, 2.75) is 39.0 Å². The first-order valence-corrected chi connectivity index (χ1v) is 12.6. The Hall–Kier alpha value is -2.74. The van der Waals surface area contributed by atoms with Crippen molar-refractivity contribution in [2.75, 3.05) is 28.5 Å². The van der Waals surface area contributed by atoms with Crippen LogP contribution in [0.3, 0.4) is 0 Å². The van der Waals surface area contributed by atoms with Crippen LogP contribution in [0.25, 0.3) is 22.0 Å². The highest BCUT2D eigenvalue weighted by Crippen LogP contribution is 2.37. The lowest BCUT2D eigenvalue weighted by molar-refractivity contribution is 0.578. The number of aromatic amines is 1. The van der Waals surface area contributed by atoms with E-state index in [1.54, 1.807) is 17.8 Å². The second kappa shape index (κ2) is 8.78. The molecule has 7 nitrogen and oxygen atoms in total. The van der Waals surface area contributed by atoms with Crippen LogP contribution in [-0.2, 0) is 17.1 Å². The van der Waals surface area contributed by atoms with Gasteiger partial charge in [0.2, 0.25) is 10.0 Å². The molecular formula is C23H30N4O3S. The Bertz CT molecular complexity index is 1240. The number of unbranched alkanes of at least 4 members (excludes halogenated alkanes) is 1. The van der Waals surface area contributed by atoms with Gasteiger partial charge in [-0.25, -0.2) is 8.42 Å². The maximum Gasteiger partial charge on any atom is 0.274 e. The Morgan fingerprint density at radius 3 is 2.61 bits per heavy atom. The number of anilines is 2. The Kier molecular flexibility index (Phi) is 6.09. The van der Waals surface area contributed by atoms with Gasteiger partial charge in [-0.05, 0) is 49.9 Å². The van der Waals surface area contributed by atoms with E-state index in [1.807, 2.05) is 37.4 Å². The smallest absolute Gasteiger partial charge is 0.274 e. The minimum atomic E-state index is -3.40. The topological polar surface area (TPSA) is 87.2 Å². The van der Waals surface area contributed by atoms with E-state index in [4.69, 9.17) is 0 Å². The van der Waals surface area contributed by atoms with Crippen molar-refractivity contribution in [1.29, 1.82) is 0 Å². The number of nitrogens with one attached hydrogen (secondary N) is 2. The summed E-state index contributed by atoms with van der Waals surface area (Å²) in [5.74, 6) is 0.106. The number of hydrogen-bond donors (Lipinski definition) is 2.